The fraction of sp³-hybridized carbons (Fsp3) is 0.591. The van der Waals surface area contributed by atoms with Crippen LogP contribution in [-0.2, 0) is 22.7 Å². The molecular weight excluding hydrogens is 368 g/mol. The second-order valence-electron chi connectivity index (χ2n) is 9.10. The minimum Gasteiger partial charge on any atom is -0.327 e. The van der Waals surface area contributed by atoms with E-state index in [1.807, 2.05) is 12.1 Å². The molecule has 3 atom stereocenters. The van der Waals surface area contributed by atoms with Crippen molar-refractivity contribution in [2.45, 2.75) is 63.7 Å². The highest BCUT2D eigenvalue weighted by Crippen LogP contribution is 2.58. The molecule has 7 heteroatoms. The molecule has 5 rings (SSSR count). The van der Waals surface area contributed by atoms with Gasteiger partial charge in [-0.3, -0.25) is 19.7 Å². The molecule has 0 radical (unpaired) electrons. The first kappa shape index (κ1) is 18.8. The minimum atomic E-state index is -0.566. The molecule has 1 spiro atoms. The lowest BCUT2D eigenvalue weighted by molar-refractivity contribution is -0.136. The van der Waals surface area contributed by atoms with Crippen molar-refractivity contribution in [2.24, 2.45) is 17.1 Å². The third-order valence-electron chi connectivity index (χ3n) is 7.76. The molecule has 1 aromatic rings. The van der Waals surface area contributed by atoms with Crippen LogP contribution in [0.2, 0.25) is 0 Å². The number of nitrogens with one attached hydrogen (secondary N) is 2. The zero-order chi connectivity index (χ0) is 20.2. The summed E-state index contributed by atoms with van der Waals surface area (Å²) in [6, 6.07) is 5.60. The molecule has 0 aromatic heterocycles. The molecule has 7 nitrogen and oxygen atoms in total. The summed E-state index contributed by atoms with van der Waals surface area (Å²) >= 11 is 0. The number of rotatable bonds is 5. The molecule has 1 aromatic carbocycles. The van der Waals surface area contributed by atoms with E-state index < -0.39 is 6.04 Å². The van der Waals surface area contributed by atoms with E-state index in [1.54, 1.807) is 4.90 Å². The Hall–Kier alpha value is -2.25. The van der Waals surface area contributed by atoms with E-state index >= 15 is 0 Å². The third kappa shape index (κ3) is 2.90. The summed E-state index contributed by atoms with van der Waals surface area (Å²) in [5.74, 6) is -0.0891. The van der Waals surface area contributed by atoms with Crippen LogP contribution in [0.5, 0.6) is 0 Å². The van der Waals surface area contributed by atoms with Gasteiger partial charge in [0.15, 0.2) is 0 Å². The van der Waals surface area contributed by atoms with E-state index in [9.17, 15) is 14.4 Å². The summed E-state index contributed by atoms with van der Waals surface area (Å²) in [6.07, 6.45) is 5.59. The largest absolute Gasteiger partial charge is 0.327 e. The van der Waals surface area contributed by atoms with Gasteiger partial charge >= 0.3 is 0 Å². The van der Waals surface area contributed by atoms with Crippen LogP contribution in [0.25, 0.3) is 0 Å². The highest BCUT2D eigenvalue weighted by molar-refractivity contribution is 6.05. The number of carbonyl (C=O) groups is 3. The maximum Gasteiger partial charge on any atom is 0.255 e. The van der Waals surface area contributed by atoms with Gasteiger partial charge in [-0.1, -0.05) is 18.6 Å². The van der Waals surface area contributed by atoms with Crippen molar-refractivity contribution in [1.29, 1.82) is 0 Å². The number of nitrogens with zero attached hydrogens (tertiary/aromatic N) is 1. The quantitative estimate of drug-likeness (QED) is 0.646. The van der Waals surface area contributed by atoms with Crippen LogP contribution in [0.3, 0.4) is 0 Å². The van der Waals surface area contributed by atoms with Crippen LogP contribution in [0, 0.1) is 11.3 Å². The van der Waals surface area contributed by atoms with Gasteiger partial charge in [0.25, 0.3) is 5.91 Å². The van der Waals surface area contributed by atoms with Crippen LogP contribution in [-0.4, -0.2) is 41.2 Å². The van der Waals surface area contributed by atoms with Crippen LogP contribution in [0.15, 0.2) is 18.2 Å². The van der Waals surface area contributed by atoms with E-state index in [0.717, 1.165) is 24.1 Å². The van der Waals surface area contributed by atoms with Gasteiger partial charge in [0.1, 0.15) is 6.04 Å². The molecule has 0 bridgehead atoms. The monoisotopic (exact) mass is 396 g/mol. The summed E-state index contributed by atoms with van der Waals surface area (Å²) in [7, 11) is 0. The average Bonchev–Trinajstić information content (AvgIpc) is 2.97. The standard InChI is InChI=1S/C22H28N4O3/c23-18-9-14(22(18)7-2-8-22)11-24-10-13-3-1-4-15-16(13)12-26(21(15)29)17-5-6-19(27)25-20(17)28/h1,3-4,14,17-18,24H,2,5-12,23H2,(H,25,27,28). The van der Waals surface area contributed by atoms with E-state index in [-0.39, 0.29) is 24.1 Å². The lowest BCUT2D eigenvalue weighted by Crippen LogP contribution is -2.63. The summed E-state index contributed by atoms with van der Waals surface area (Å²) in [5, 5.41) is 5.95. The topological polar surface area (TPSA) is 105 Å². The molecule has 2 heterocycles. The third-order valence-corrected chi connectivity index (χ3v) is 7.76. The first-order valence-electron chi connectivity index (χ1n) is 10.7. The van der Waals surface area contributed by atoms with E-state index in [1.165, 1.54) is 19.3 Å². The van der Waals surface area contributed by atoms with Gasteiger partial charge < -0.3 is 16.0 Å². The van der Waals surface area contributed by atoms with Crippen molar-refractivity contribution < 1.29 is 14.4 Å². The van der Waals surface area contributed by atoms with Crippen LogP contribution < -0.4 is 16.4 Å². The molecule has 29 heavy (non-hydrogen) atoms. The van der Waals surface area contributed by atoms with E-state index in [4.69, 9.17) is 5.73 Å². The smallest absolute Gasteiger partial charge is 0.255 e. The van der Waals surface area contributed by atoms with Crippen LogP contribution >= 0.6 is 0 Å². The van der Waals surface area contributed by atoms with Gasteiger partial charge in [-0.2, -0.15) is 0 Å². The Morgan fingerprint density at radius 1 is 1.24 bits per heavy atom. The SMILES string of the molecule is NC1CC(CNCc2cccc3c2CN(C2CCC(=O)NC2=O)C3=O)C12CCC2. The number of benzene rings is 1. The van der Waals surface area contributed by atoms with Crippen LogP contribution in [0.1, 0.15) is 60.0 Å². The van der Waals surface area contributed by atoms with Crippen molar-refractivity contribution >= 4 is 17.7 Å². The number of amides is 3. The maximum atomic E-state index is 12.9. The van der Waals surface area contributed by atoms with Gasteiger partial charge in [0.05, 0.1) is 0 Å². The van der Waals surface area contributed by atoms with Gasteiger partial charge in [-0.15, -0.1) is 0 Å². The molecule has 1 saturated heterocycles. The van der Waals surface area contributed by atoms with Crippen LogP contribution in [0.4, 0.5) is 0 Å². The molecule has 3 amide bonds. The minimum absolute atomic E-state index is 0.116. The Kier molecular flexibility index (Phi) is 4.47. The van der Waals surface area contributed by atoms with Crippen molar-refractivity contribution in [3.63, 3.8) is 0 Å². The lowest BCUT2D eigenvalue weighted by Gasteiger charge is -2.60. The van der Waals surface area contributed by atoms with Crippen molar-refractivity contribution in [3.05, 3.63) is 34.9 Å². The number of imide groups is 1. The molecule has 154 valence electrons. The Morgan fingerprint density at radius 3 is 2.76 bits per heavy atom. The lowest BCUT2D eigenvalue weighted by atomic mass is 9.47. The zero-order valence-corrected chi connectivity index (χ0v) is 16.6. The Labute approximate surface area is 170 Å². The fourth-order valence-electron chi connectivity index (χ4n) is 5.77. The van der Waals surface area contributed by atoms with Crippen molar-refractivity contribution in [3.8, 4) is 0 Å². The van der Waals surface area contributed by atoms with Gasteiger partial charge in [0.2, 0.25) is 11.8 Å². The highest BCUT2D eigenvalue weighted by atomic mass is 16.2. The summed E-state index contributed by atoms with van der Waals surface area (Å²) < 4.78 is 0. The summed E-state index contributed by atoms with van der Waals surface area (Å²) in [6.45, 7) is 2.10. The summed E-state index contributed by atoms with van der Waals surface area (Å²) in [4.78, 5) is 38.2. The molecule has 4 aliphatic rings. The van der Waals surface area contributed by atoms with Gasteiger partial charge in [-0.25, -0.2) is 0 Å². The highest BCUT2D eigenvalue weighted by Gasteiger charge is 2.55. The van der Waals surface area contributed by atoms with E-state index in [2.05, 4.69) is 16.7 Å². The van der Waals surface area contributed by atoms with E-state index in [0.29, 0.717) is 42.4 Å². The fourth-order valence-corrected chi connectivity index (χ4v) is 5.77. The predicted octanol–water partition coefficient (Wildman–Crippen LogP) is 1.05. The normalized spacial score (nSPS) is 30.0. The average molecular weight is 396 g/mol. The molecule has 2 aliphatic carbocycles. The number of hydrogen-bond acceptors (Lipinski definition) is 5. The summed E-state index contributed by atoms with van der Waals surface area (Å²) in [5.41, 5.74) is 9.42. The molecule has 4 N–H and O–H groups in total. The second kappa shape index (κ2) is 6.92. The predicted molar refractivity (Wildman–Crippen MR) is 107 cm³/mol. The Bertz CT molecular complexity index is 879. The zero-order valence-electron chi connectivity index (χ0n) is 16.6. The molecule has 2 aliphatic heterocycles. The first-order valence-corrected chi connectivity index (χ1v) is 10.7. The molecule has 2 saturated carbocycles. The van der Waals surface area contributed by atoms with Gasteiger partial charge in [0, 0.05) is 31.1 Å². The Morgan fingerprint density at radius 2 is 2.07 bits per heavy atom. The number of hydrogen-bond donors (Lipinski definition) is 3. The molecular formula is C22H28N4O3. The van der Waals surface area contributed by atoms with Gasteiger partial charge in [-0.05, 0) is 60.8 Å². The maximum absolute atomic E-state index is 12.9. The Balaban J connectivity index is 1.25. The second-order valence-corrected chi connectivity index (χ2v) is 9.10. The van der Waals surface area contributed by atoms with Crippen molar-refractivity contribution in [2.75, 3.05) is 6.54 Å². The first-order chi connectivity index (χ1) is 14.0. The molecule has 3 fully saturated rings. The number of nitrogens with two attached hydrogens (primary N) is 1. The van der Waals surface area contributed by atoms with Crippen molar-refractivity contribution in [1.82, 2.24) is 15.5 Å². The number of carbonyl (C=O) groups excluding carboxylic acids is 3. The number of fused-ring (bicyclic) bond motifs is 1. The molecule has 3 unspecified atom stereocenters. The number of piperidine rings is 1.